The standard InChI is InChI=1S/C17H19N3O/c18-14-3-1-2-10-8-11(4-6-13(10)14)17(21)20-16-9-12-5-7-15(16)19-12/h1-4,6,8,12,15-16,19H,5,7,9,18H2,(H,20,21). The fraction of sp³-hybridized carbons (Fsp3) is 0.353. The molecule has 2 saturated heterocycles. The van der Waals surface area contributed by atoms with E-state index in [1.165, 1.54) is 12.8 Å². The van der Waals surface area contributed by atoms with E-state index in [-0.39, 0.29) is 11.9 Å². The summed E-state index contributed by atoms with van der Waals surface area (Å²) in [5.41, 5.74) is 7.40. The Balaban J connectivity index is 1.57. The van der Waals surface area contributed by atoms with Crippen LogP contribution in [0.2, 0.25) is 0 Å². The Morgan fingerprint density at radius 2 is 2.14 bits per heavy atom. The highest BCUT2D eigenvalue weighted by molar-refractivity contribution is 6.01. The zero-order chi connectivity index (χ0) is 14.4. The molecule has 2 fully saturated rings. The molecule has 0 aromatic heterocycles. The van der Waals surface area contributed by atoms with Crippen LogP contribution in [0.5, 0.6) is 0 Å². The van der Waals surface area contributed by atoms with E-state index in [2.05, 4.69) is 10.6 Å². The van der Waals surface area contributed by atoms with Crippen molar-refractivity contribution in [1.82, 2.24) is 10.6 Å². The van der Waals surface area contributed by atoms with Gasteiger partial charge < -0.3 is 16.4 Å². The molecule has 3 unspecified atom stereocenters. The van der Waals surface area contributed by atoms with E-state index in [1.807, 2.05) is 36.4 Å². The molecule has 3 atom stereocenters. The number of amides is 1. The molecule has 4 heteroatoms. The number of hydrogen-bond acceptors (Lipinski definition) is 3. The molecule has 21 heavy (non-hydrogen) atoms. The van der Waals surface area contributed by atoms with E-state index in [0.717, 1.165) is 22.9 Å². The van der Waals surface area contributed by atoms with Crippen molar-refractivity contribution in [1.29, 1.82) is 0 Å². The highest BCUT2D eigenvalue weighted by Crippen LogP contribution is 2.28. The number of anilines is 1. The number of nitrogens with one attached hydrogen (secondary N) is 2. The van der Waals surface area contributed by atoms with E-state index >= 15 is 0 Å². The van der Waals surface area contributed by atoms with Crippen LogP contribution in [-0.2, 0) is 0 Å². The molecule has 0 saturated carbocycles. The quantitative estimate of drug-likeness (QED) is 0.738. The molecule has 0 radical (unpaired) electrons. The van der Waals surface area contributed by atoms with Gasteiger partial charge in [-0.1, -0.05) is 18.2 Å². The van der Waals surface area contributed by atoms with Crippen LogP contribution >= 0.6 is 0 Å². The maximum absolute atomic E-state index is 12.4. The summed E-state index contributed by atoms with van der Waals surface area (Å²) < 4.78 is 0. The second-order valence-corrected chi connectivity index (χ2v) is 6.15. The van der Waals surface area contributed by atoms with E-state index in [1.54, 1.807) is 0 Å². The van der Waals surface area contributed by atoms with Crippen molar-refractivity contribution in [3.63, 3.8) is 0 Å². The molecule has 4 nitrogen and oxygen atoms in total. The zero-order valence-corrected chi connectivity index (χ0v) is 11.8. The molecule has 2 aromatic rings. The van der Waals surface area contributed by atoms with Crippen molar-refractivity contribution in [2.45, 2.75) is 37.4 Å². The second-order valence-electron chi connectivity index (χ2n) is 6.15. The number of nitrogen functional groups attached to an aromatic ring is 1. The van der Waals surface area contributed by atoms with Gasteiger partial charge in [-0.15, -0.1) is 0 Å². The van der Waals surface area contributed by atoms with Crippen molar-refractivity contribution < 1.29 is 4.79 Å². The topological polar surface area (TPSA) is 67.2 Å². The van der Waals surface area contributed by atoms with Crippen LogP contribution in [0.15, 0.2) is 36.4 Å². The third-order valence-corrected chi connectivity index (χ3v) is 4.79. The molecule has 108 valence electrons. The molecule has 2 aliphatic rings. The van der Waals surface area contributed by atoms with Crippen LogP contribution in [0.3, 0.4) is 0 Å². The minimum absolute atomic E-state index is 0.0127. The largest absolute Gasteiger partial charge is 0.398 e. The first-order valence-electron chi connectivity index (χ1n) is 7.56. The van der Waals surface area contributed by atoms with Crippen molar-refractivity contribution >= 4 is 22.4 Å². The van der Waals surface area contributed by atoms with Crippen LogP contribution in [0.1, 0.15) is 29.6 Å². The third kappa shape index (κ3) is 2.16. The molecule has 0 spiro atoms. The van der Waals surface area contributed by atoms with E-state index in [0.29, 0.717) is 17.6 Å². The fourth-order valence-electron chi connectivity index (χ4n) is 3.69. The van der Waals surface area contributed by atoms with Crippen LogP contribution in [-0.4, -0.2) is 24.0 Å². The number of carbonyl (C=O) groups is 1. The Hall–Kier alpha value is -2.07. The number of rotatable bonds is 2. The zero-order valence-electron chi connectivity index (χ0n) is 11.8. The number of carbonyl (C=O) groups excluding carboxylic acids is 1. The Bertz CT molecular complexity index is 712. The molecule has 2 bridgehead atoms. The molecule has 2 aromatic carbocycles. The van der Waals surface area contributed by atoms with Crippen LogP contribution in [0, 0.1) is 0 Å². The maximum atomic E-state index is 12.4. The summed E-state index contributed by atoms with van der Waals surface area (Å²) >= 11 is 0. The third-order valence-electron chi connectivity index (χ3n) is 4.79. The van der Waals surface area contributed by atoms with E-state index in [9.17, 15) is 4.79 Å². The van der Waals surface area contributed by atoms with Gasteiger partial charge in [-0.25, -0.2) is 0 Å². The van der Waals surface area contributed by atoms with Gasteiger partial charge in [-0.2, -0.15) is 0 Å². The van der Waals surface area contributed by atoms with E-state index in [4.69, 9.17) is 5.73 Å². The summed E-state index contributed by atoms with van der Waals surface area (Å²) in [6.45, 7) is 0. The number of fused-ring (bicyclic) bond motifs is 3. The molecule has 0 aliphatic carbocycles. The summed E-state index contributed by atoms with van der Waals surface area (Å²) in [5.74, 6) is 0.0127. The first-order valence-corrected chi connectivity index (χ1v) is 7.56. The number of benzene rings is 2. The summed E-state index contributed by atoms with van der Waals surface area (Å²) in [7, 11) is 0. The van der Waals surface area contributed by atoms with Gasteiger partial charge in [0.2, 0.25) is 0 Å². The monoisotopic (exact) mass is 281 g/mol. The minimum Gasteiger partial charge on any atom is -0.398 e. The molecule has 2 aliphatic heterocycles. The molecular weight excluding hydrogens is 262 g/mol. The van der Waals surface area contributed by atoms with Crippen molar-refractivity contribution in [3.8, 4) is 0 Å². The summed E-state index contributed by atoms with van der Waals surface area (Å²) in [5, 5.41) is 8.72. The highest BCUT2D eigenvalue weighted by atomic mass is 16.1. The van der Waals surface area contributed by atoms with Crippen molar-refractivity contribution in [3.05, 3.63) is 42.0 Å². The van der Waals surface area contributed by atoms with Gasteiger partial charge in [0.1, 0.15) is 0 Å². The smallest absolute Gasteiger partial charge is 0.251 e. The van der Waals surface area contributed by atoms with Crippen molar-refractivity contribution in [2.24, 2.45) is 0 Å². The lowest BCUT2D eigenvalue weighted by molar-refractivity contribution is 0.0931. The lowest BCUT2D eigenvalue weighted by Crippen LogP contribution is -2.42. The molecule has 1 amide bonds. The lowest BCUT2D eigenvalue weighted by Gasteiger charge is -2.21. The molecular formula is C17H19N3O. The summed E-state index contributed by atoms with van der Waals surface area (Å²) in [6.07, 6.45) is 3.47. The first kappa shape index (κ1) is 12.7. The van der Waals surface area contributed by atoms with Crippen molar-refractivity contribution in [2.75, 3.05) is 5.73 Å². The van der Waals surface area contributed by atoms with Crippen LogP contribution in [0.4, 0.5) is 5.69 Å². The Kier molecular flexibility index (Phi) is 2.86. The summed E-state index contributed by atoms with van der Waals surface area (Å²) in [4.78, 5) is 12.4. The molecule has 4 rings (SSSR count). The second kappa shape index (κ2) is 4.74. The predicted octanol–water partition coefficient (Wildman–Crippen LogP) is 2.04. The number of hydrogen-bond donors (Lipinski definition) is 3. The van der Waals surface area contributed by atoms with Gasteiger partial charge >= 0.3 is 0 Å². The SMILES string of the molecule is Nc1cccc2cc(C(=O)NC3CC4CCC3N4)ccc12. The Morgan fingerprint density at radius 3 is 2.90 bits per heavy atom. The van der Waals surface area contributed by atoms with Gasteiger partial charge in [0.25, 0.3) is 5.91 Å². The van der Waals surface area contributed by atoms with E-state index < -0.39 is 0 Å². The van der Waals surface area contributed by atoms with Gasteiger partial charge in [0.15, 0.2) is 0 Å². The van der Waals surface area contributed by atoms with Crippen LogP contribution in [0.25, 0.3) is 10.8 Å². The normalized spacial score (nSPS) is 27.1. The average Bonchev–Trinajstić information content (AvgIpc) is 3.09. The Labute approximate surface area is 123 Å². The minimum atomic E-state index is 0.0127. The highest BCUT2D eigenvalue weighted by Gasteiger charge is 2.39. The van der Waals surface area contributed by atoms with Gasteiger partial charge in [-0.05, 0) is 42.8 Å². The summed E-state index contributed by atoms with van der Waals surface area (Å²) in [6, 6.07) is 12.8. The average molecular weight is 281 g/mol. The van der Waals surface area contributed by atoms with Gasteiger partial charge in [0, 0.05) is 34.8 Å². The predicted molar refractivity (Wildman–Crippen MR) is 84.2 cm³/mol. The van der Waals surface area contributed by atoms with Crippen LogP contribution < -0.4 is 16.4 Å². The number of nitrogens with two attached hydrogens (primary N) is 1. The van der Waals surface area contributed by atoms with Gasteiger partial charge in [0.05, 0.1) is 0 Å². The lowest BCUT2D eigenvalue weighted by atomic mass is 9.95. The maximum Gasteiger partial charge on any atom is 0.251 e. The van der Waals surface area contributed by atoms with Gasteiger partial charge in [-0.3, -0.25) is 4.79 Å². The first-order chi connectivity index (χ1) is 10.2. The molecule has 4 N–H and O–H groups in total. The fourth-order valence-corrected chi connectivity index (χ4v) is 3.69. The Morgan fingerprint density at radius 1 is 1.24 bits per heavy atom. The molecule has 2 heterocycles.